The number of nitro benzene ring substituents is 1. The first-order valence-electron chi connectivity index (χ1n) is 11.3. The van der Waals surface area contributed by atoms with Gasteiger partial charge >= 0.3 is 0 Å². The van der Waals surface area contributed by atoms with Gasteiger partial charge in [0, 0.05) is 29.0 Å². The molecule has 0 bridgehead atoms. The van der Waals surface area contributed by atoms with Crippen LogP contribution < -0.4 is 9.47 Å². The largest absolute Gasteiger partial charge is 0.496 e. The van der Waals surface area contributed by atoms with Crippen molar-refractivity contribution in [1.29, 1.82) is 0 Å². The molecule has 7 heteroatoms. The summed E-state index contributed by atoms with van der Waals surface area (Å²) in [6, 6.07) is 9.19. The Balaban J connectivity index is 0.000000189. The van der Waals surface area contributed by atoms with Gasteiger partial charge < -0.3 is 9.47 Å². The number of nitro groups is 1. The molecule has 2 atom stereocenters. The minimum Gasteiger partial charge on any atom is -0.496 e. The highest BCUT2D eigenvalue weighted by Crippen LogP contribution is 2.38. The van der Waals surface area contributed by atoms with E-state index in [0.717, 1.165) is 37.0 Å². The van der Waals surface area contributed by atoms with Crippen LogP contribution in [0.15, 0.2) is 30.3 Å². The second-order valence-electron chi connectivity index (χ2n) is 8.70. The summed E-state index contributed by atoms with van der Waals surface area (Å²) in [6.07, 6.45) is 4.64. The molecule has 176 valence electrons. The van der Waals surface area contributed by atoms with Gasteiger partial charge in [-0.25, -0.2) is 0 Å². The maximum Gasteiger partial charge on any atom is 0.273 e. The molecule has 0 radical (unpaired) electrons. The van der Waals surface area contributed by atoms with Crippen molar-refractivity contribution in [3.63, 3.8) is 0 Å². The number of hydrogen-bond acceptors (Lipinski definition) is 6. The summed E-state index contributed by atoms with van der Waals surface area (Å²) in [5, 5.41) is 11.0. The highest BCUT2D eigenvalue weighted by atomic mass is 16.6. The number of methoxy groups -OCH3 is 2. The molecular weight excluding hydrogens is 422 g/mol. The van der Waals surface area contributed by atoms with E-state index in [1.165, 1.54) is 17.2 Å². The zero-order valence-corrected chi connectivity index (χ0v) is 19.7. The van der Waals surface area contributed by atoms with Crippen LogP contribution in [0.1, 0.15) is 48.9 Å². The van der Waals surface area contributed by atoms with E-state index >= 15 is 0 Å². The molecule has 2 aliphatic rings. The van der Waals surface area contributed by atoms with Crippen molar-refractivity contribution in [2.24, 2.45) is 11.8 Å². The van der Waals surface area contributed by atoms with Crippen LogP contribution >= 0.6 is 0 Å². The third-order valence-corrected chi connectivity index (χ3v) is 6.78. The summed E-state index contributed by atoms with van der Waals surface area (Å²) in [5.41, 5.74) is 4.20. The van der Waals surface area contributed by atoms with Gasteiger partial charge in [-0.1, -0.05) is 12.1 Å². The van der Waals surface area contributed by atoms with Gasteiger partial charge in [-0.3, -0.25) is 19.7 Å². The molecule has 0 saturated carbocycles. The van der Waals surface area contributed by atoms with Gasteiger partial charge in [-0.2, -0.15) is 0 Å². The highest BCUT2D eigenvalue weighted by Gasteiger charge is 2.30. The van der Waals surface area contributed by atoms with Crippen LogP contribution in [0.3, 0.4) is 0 Å². The maximum atomic E-state index is 11.4. The van der Waals surface area contributed by atoms with Crippen LogP contribution in [-0.2, 0) is 35.3 Å². The summed E-state index contributed by atoms with van der Waals surface area (Å²) in [4.78, 5) is 33.4. The summed E-state index contributed by atoms with van der Waals surface area (Å²) in [5.74, 6) is 2.15. The number of benzene rings is 2. The molecule has 2 aromatic carbocycles. The first kappa shape index (κ1) is 24.4. The van der Waals surface area contributed by atoms with Gasteiger partial charge in [-0.15, -0.1) is 0 Å². The number of carbonyl (C=O) groups is 2. The lowest BCUT2D eigenvalue weighted by Crippen LogP contribution is -2.22. The first-order chi connectivity index (χ1) is 15.8. The standard InChI is InChI=1S/C13H15NO4.C13H16O2/c1-8(15)9-3-4-10-11(7-9)12(14(16)17)5-6-13(10)18-2;1-9(14)10-6-7-12-11(8-10)4-3-5-13(12)15-2/h5-6,9H,3-4,7H2,1-2H3;3-5,10H,6-8H2,1-2H3. The molecule has 2 aromatic rings. The molecule has 0 spiro atoms. The second-order valence-corrected chi connectivity index (χ2v) is 8.70. The number of rotatable bonds is 5. The van der Waals surface area contributed by atoms with Crippen LogP contribution in [0.4, 0.5) is 5.69 Å². The van der Waals surface area contributed by atoms with Crippen LogP contribution in [0, 0.1) is 22.0 Å². The SMILES string of the molecule is COc1ccc([N+](=O)[O-])c2c1CCC(C(C)=O)C2.COc1cccc2c1CCC(C(C)=O)C2. The van der Waals surface area contributed by atoms with Gasteiger partial charge in [0.05, 0.1) is 19.1 Å². The second kappa shape index (κ2) is 10.6. The summed E-state index contributed by atoms with van der Waals surface area (Å²) >= 11 is 0. The van der Waals surface area contributed by atoms with Crippen LogP contribution in [0.5, 0.6) is 11.5 Å². The Bertz CT molecular complexity index is 1060. The average Bonchev–Trinajstić information content (AvgIpc) is 2.82. The minimum atomic E-state index is -0.388. The maximum absolute atomic E-state index is 11.4. The van der Waals surface area contributed by atoms with E-state index in [4.69, 9.17) is 9.47 Å². The predicted octanol–water partition coefficient (Wildman–Crippen LogP) is 4.69. The van der Waals surface area contributed by atoms with Gasteiger partial charge in [-0.05, 0) is 75.6 Å². The zero-order valence-electron chi connectivity index (χ0n) is 19.7. The summed E-state index contributed by atoms with van der Waals surface area (Å²) in [7, 11) is 3.26. The zero-order chi connectivity index (χ0) is 24.1. The molecule has 0 aromatic heterocycles. The van der Waals surface area contributed by atoms with E-state index in [2.05, 4.69) is 6.07 Å². The smallest absolute Gasteiger partial charge is 0.273 e. The summed E-state index contributed by atoms with van der Waals surface area (Å²) in [6.45, 7) is 3.23. The van der Waals surface area contributed by atoms with E-state index < -0.39 is 0 Å². The highest BCUT2D eigenvalue weighted by molar-refractivity contribution is 5.79. The fraction of sp³-hybridized carbons (Fsp3) is 0.462. The lowest BCUT2D eigenvalue weighted by molar-refractivity contribution is -0.385. The molecule has 0 fully saturated rings. The molecule has 0 saturated heterocycles. The number of carbonyl (C=O) groups excluding carboxylic acids is 2. The Morgan fingerprint density at radius 3 is 2.00 bits per heavy atom. The molecule has 4 rings (SSSR count). The fourth-order valence-electron chi connectivity index (χ4n) is 4.85. The Labute approximate surface area is 194 Å². The number of hydrogen-bond donors (Lipinski definition) is 0. The average molecular weight is 454 g/mol. The Hall–Kier alpha value is -3.22. The van der Waals surface area contributed by atoms with Gasteiger partial charge in [0.25, 0.3) is 5.69 Å². The molecule has 0 N–H and O–H groups in total. The molecule has 2 unspecified atom stereocenters. The van der Waals surface area contributed by atoms with Crippen LogP contribution in [0.25, 0.3) is 0 Å². The Kier molecular flexibility index (Phi) is 7.84. The number of ether oxygens (including phenoxy) is 2. The van der Waals surface area contributed by atoms with Crippen LogP contribution in [-0.4, -0.2) is 30.7 Å². The van der Waals surface area contributed by atoms with Gasteiger partial charge in [0.1, 0.15) is 23.1 Å². The number of fused-ring (bicyclic) bond motifs is 2. The van der Waals surface area contributed by atoms with Crippen molar-refractivity contribution in [3.05, 3.63) is 62.7 Å². The van der Waals surface area contributed by atoms with Crippen molar-refractivity contribution in [3.8, 4) is 11.5 Å². The third kappa shape index (κ3) is 5.41. The monoisotopic (exact) mass is 453 g/mol. The number of ketones is 2. The lowest BCUT2D eigenvalue weighted by atomic mass is 9.81. The molecule has 7 nitrogen and oxygen atoms in total. The van der Waals surface area contributed by atoms with Crippen molar-refractivity contribution >= 4 is 17.3 Å². The Morgan fingerprint density at radius 1 is 0.848 bits per heavy atom. The third-order valence-electron chi connectivity index (χ3n) is 6.78. The summed E-state index contributed by atoms with van der Waals surface area (Å²) < 4.78 is 10.6. The van der Waals surface area contributed by atoms with Crippen molar-refractivity contribution in [1.82, 2.24) is 0 Å². The fourth-order valence-corrected chi connectivity index (χ4v) is 4.85. The number of Topliss-reactive ketones (excluding diaryl/α,β-unsaturated/α-hetero) is 2. The normalized spacial score (nSPS) is 18.7. The van der Waals surface area contributed by atoms with Crippen molar-refractivity contribution < 1.29 is 24.0 Å². The van der Waals surface area contributed by atoms with E-state index in [1.807, 2.05) is 12.1 Å². The van der Waals surface area contributed by atoms with E-state index in [-0.39, 0.29) is 28.2 Å². The molecule has 2 aliphatic carbocycles. The molecule has 0 amide bonds. The van der Waals surface area contributed by atoms with Crippen molar-refractivity contribution in [2.75, 3.05) is 14.2 Å². The Morgan fingerprint density at radius 2 is 1.42 bits per heavy atom. The lowest BCUT2D eigenvalue weighted by Gasteiger charge is -2.24. The van der Waals surface area contributed by atoms with Gasteiger partial charge in [0.2, 0.25) is 0 Å². The van der Waals surface area contributed by atoms with Crippen LogP contribution in [0.2, 0.25) is 0 Å². The van der Waals surface area contributed by atoms with E-state index in [9.17, 15) is 19.7 Å². The van der Waals surface area contributed by atoms with E-state index in [0.29, 0.717) is 29.9 Å². The van der Waals surface area contributed by atoms with E-state index in [1.54, 1.807) is 34.1 Å². The predicted molar refractivity (Wildman–Crippen MR) is 125 cm³/mol. The van der Waals surface area contributed by atoms with Crippen molar-refractivity contribution in [2.45, 2.75) is 52.4 Å². The quantitative estimate of drug-likeness (QED) is 0.482. The topological polar surface area (TPSA) is 95.7 Å². The minimum absolute atomic E-state index is 0.0942. The molecule has 0 heterocycles. The molecule has 33 heavy (non-hydrogen) atoms. The molecule has 0 aliphatic heterocycles. The molecular formula is C26H31NO6. The van der Waals surface area contributed by atoms with Gasteiger partial charge in [0.15, 0.2) is 0 Å². The first-order valence-corrected chi connectivity index (χ1v) is 11.3. The number of nitrogens with zero attached hydrogens (tertiary/aromatic N) is 1.